The third kappa shape index (κ3) is 6.90. The van der Waals surface area contributed by atoms with Crippen LogP contribution in [0.4, 0.5) is 18.9 Å². The molecule has 0 bridgehead atoms. The predicted molar refractivity (Wildman–Crippen MR) is 103 cm³/mol. The highest BCUT2D eigenvalue weighted by Gasteiger charge is 2.31. The average molecular weight is 410 g/mol. The van der Waals surface area contributed by atoms with Crippen molar-refractivity contribution in [3.8, 4) is 5.75 Å². The molecule has 1 aliphatic rings. The van der Waals surface area contributed by atoms with E-state index in [1.165, 1.54) is 29.8 Å². The third-order valence-electron chi connectivity index (χ3n) is 4.90. The molecule has 2 aromatic rings. The lowest BCUT2D eigenvalue weighted by atomic mass is 9.93. The van der Waals surface area contributed by atoms with Gasteiger partial charge in [-0.3, -0.25) is 15.5 Å². The van der Waals surface area contributed by atoms with Gasteiger partial charge in [0, 0.05) is 19.1 Å². The van der Waals surface area contributed by atoms with Gasteiger partial charge in [0.15, 0.2) is 0 Å². The van der Waals surface area contributed by atoms with Gasteiger partial charge in [-0.1, -0.05) is 37.3 Å². The van der Waals surface area contributed by atoms with E-state index in [1.54, 1.807) is 0 Å². The van der Waals surface area contributed by atoms with Gasteiger partial charge in [-0.15, -0.1) is 13.2 Å². The van der Waals surface area contributed by atoms with Gasteiger partial charge in [-0.2, -0.15) is 0 Å². The molecule has 0 radical (unpaired) electrons. The van der Waals surface area contributed by atoms with Crippen LogP contribution in [-0.4, -0.2) is 40.9 Å². The molecule has 0 spiro atoms. The van der Waals surface area contributed by atoms with Crippen molar-refractivity contribution < 1.29 is 23.1 Å². The quantitative estimate of drug-likeness (QED) is 0.600. The second-order valence-corrected chi connectivity index (χ2v) is 7.22. The molecule has 158 valence electrons. The Bertz CT molecular complexity index is 759. The lowest BCUT2D eigenvalue weighted by Crippen LogP contribution is -2.55. The summed E-state index contributed by atoms with van der Waals surface area (Å²) in [6, 6.07) is 15.3. The van der Waals surface area contributed by atoms with E-state index in [9.17, 15) is 18.4 Å². The van der Waals surface area contributed by atoms with Crippen molar-refractivity contribution in [2.45, 2.75) is 32.3 Å². The number of piperidine rings is 1. The van der Waals surface area contributed by atoms with E-state index in [4.69, 9.17) is 0 Å². The third-order valence-corrected chi connectivity index (χ3v) is 4.90. The van der Waals surface area contributed by atoms with E-state index in [0.29, 0.717) is 11.6 Å². The Labute approximate surface area is 167 Å². The van der Waals surface area contributed by atoms with Crippen molar-refractivity contribution >= 4 is 5.69 Å². The fourth-order valence-electron chi connectivity index (χ4n) is 3.33. The maximum Gasteiger partial charge on any atom is 0.573 e. The summed E-state index contributed by atoms with van der Waals surface area (Å²) in [4.78, 5) is 2.32. The highest BCUT2D eigenvalue weighted by atomic mass is 19.4. The molecule has 0 aromatic heterocycles. The Morgan fingerprint density at radius 3 is 2.48 bits per heavy atom. The van der Waals surface area contributed by atoms with Crippen molar-refractivity contribution in [3.63, 3.8) is 0 Å². The zero-order valence-electron chi connectivity index (χ0n) is 16.1. The first-order valence-electron chi connectivity index (χ1n) is 9.42. The van der Waals surface area contributed by atoms with E-state index < -0.39 is 6.36 Å². The molecule has 2 atom stereocenters. The first-order valence-corrected chi connectivity index (χ1v) is 9.42. The molecule has 0 saturated carbocycles. The molecule has 2 unspecified atom stereocenters. The van der Waals surface area contributed by atoms with Crippen LogP contribution in [0.2, 0.25) is 0 Å². The zero-order chi connectivity index (χ0) is 20.9. The van der Waals surface area contributed by atoms with Crippen LogP contribution in [0.15, 0.2) is 54.6 Å². The molecule has 9 heteroatoms. The first-order chi connectivity index (χ1) is 13.8. The lowest BCUT2D eigenvalue weighted by Gasteiger charge is -2.38. The van der Waals surface area contributed by atoms with Gasteiger partial charge >= 0.3 is 6.36 Å². The number of hydrogen-bond donors (Lipinski definition) is 3. The normalized spacial score (nSPS) is 20.6. The number of likely N-dealkylation sites (tertiary alicyclic amines) is 1. The molecule has 3 N–H and O–H groups in total. The average Bonchev–Trinajstić information content (AvgIpc) is 2.66. The van der Waals surface area contributed by atoms with Crippen LogP contribution in [0.5, 0.6) is 5.75 Å². The van der Waals surface area contributed by atoms with Gasteiger partial charge < -0.3 is 4.74 Å². The van der Waals surface area contributed by atoms with Crippen LogP contribution >= 0.6 is 0 Å². The minimum Gasteiger partial charge on any atom is -0.406 e. The number of anilines is 1. The molecular weight excluding hydrogens is 385 g/mol. The second-order valence-electron chi connectivity index (χ2n) is 7.22. The minimum absolute atomic E-state index is 0.0119. The van der Waals surface area contributed by atoms with E-state index in [-0.39, 0.29) is 11.8 Å². The first kappa shape index (κ1) is 21.4. The Hall–Kier alpha value is -2.33. The van der Waals surface area contributed by atoms with Crippen molar-refractivity contribution in [1.29, 1.82) is 0 Å². The van der Waals surface area contributed by atoms with Crippen LogP contribution in [0.25, 0.3) is 0 Å². The summed E-state index contributed by atoms with van der Waals surface area (Å²) in [6.07, 6.45) is -3.75. The highest BCUT2D eigenvalue weighted by Crippen LogP contribution is 2.24. The van der Waals surface area contributed by atoms with E-state index in [2.05, 4.69) is 39.5 Å². The number of benzene rings is 2. The number of hydrogen-bond acceptors (Lipinski definition) is 6. The summed E-state index contributed by atoms with van der Waals surface area (Å²) in [5.41, 5.74) is 7.35. The standard InChI is InChI=1S/C20H25F3N4O2/c1-15-11-12-26(13-16-5-3-2-4-6-16)14-19(15)25-27(28)24-17-7-9-18(10-8-17)29-20(21,22)23/h2-10,15,19,24-25,28H,11-14H2,1H3. The van der Waals surface area contributed by atoms with Crippen LogP contribution in [0, 0.1) is 5.92 Å². The molecule has 29 heavy (non-hydrogen) atoms. The summed E-state index contributed by atoms with van der Waals surface area (Å²) < 4.78 is 40.5. The largest absolute Gasteiger partial charge is 0.573 e. The number of alkyl halides is 3. The molecule has 6 nitrogen and oxygen atoms in total. The molecular formula is C20H25F3N4O2. The lowest BCUT2D eigenvalue weighted by molar-refractivity contribution is -0.274. The Balaban J connectivity index is 1.51. The molecule has 1 fully saturated rings. The van der Waals surface area contributed by atoms with Gasteiger partial charge in [0.1, 0.15) is 5.75 Å². The fourth-order valence-corrected chi connectivity index (χ4v) is 3.33. The van der Waals surface area contributed by atoms with Gasteiger partial charge in [-0.25, -0.2) is 5.43 Å². The van der Waals surface area contributed by atoms with E-state index in [0.717, 1.165) is 31.3 Å². The smallest absolute Gasteiger partial charge is 0.406 e. The summed E-state index contributed by atoms with van der Waals surface area (Å²) in [5, 5.41) is 10.9. The zero-order valence-corrected chi connectivity index (χ0v) is 16.1. The molecule has 0 amide bonds. The van der Waals surface area contributed by atoms with Gasteiger partial charge in [0.2, 0.25) is 0 Å². The number of nitrogens with zero attached hydrogens (tertiary/aromatic N) is 2. The fraction of sp³-hybridized carbons (Fsp3) is 0.400. The van der Waals surface area contributed by atoms with E-state index in [1.807, 2.05) is 18.2 Å². The van der Waals surface area contributed by atoms with Gasteiger partial charge in [-0.05, 0) is 54.0 Å². The summed E-state index contributed by atoms with van der Waals surface area (Å²) in [6.45, 7) is 4.70. The molecule has 1 heterocycles. The van der Waals surface area contributed by atoms with Gasteiger partial charge in [0.25, 0.3) is 0 Å². The summed E-state index contributed by atoms with van der Waals surface area (Å²) in [7, 11) is 0. The number of ether oxygens (including phenoxy) is 1. The maximum absolute atomic E-state index is 12.2. The Morgan fingerprint density at radius 1 is 1.14 bits per heavy atom. The predicted octanol–water partition coefficient (Wildman–Crippen LogP) is 4.02. The highest BCUT2D eigenvalue weighted by molar-refractivity contribution is 5.45. The molecule has 2 aromatic carbocycles. The van der Waals surface area contributed by atoms with Crippen LogP contribution in [0.1, 0.15) is 18.9 Å². The number of hydrazine groups is 2. The Kier molecular flexibility index (Phi) is 6.96. The summed E-state index contributed by atoms with van der Waals surface area (Å²) in [5.74, 6) is 0.0268. The van der Waals surface area contributed by atoms with Crippen molar-refractivity contribution in [2.75, 3.05) is 18.5 Å². The molecule has 3 rings (SSSR count). The molecule has 0 aliphatic carbocycles. The SMILES string of the molecule is CC1CCN(Cc2ccccc2)CC1NN(O)Nc1ccc(OC(F)(F)F)cc1. The number of nitrogens with one attached hydrogen (secondary N) is 2. The van der Waals surface area contributed by atoms with Crippen molar-refractivity contribution in [1.82, 2.24) is 15.6 Å². The van der Waals surface area contributed by atoms with Crippen molar-refractivity contribution in [2.24, 2.45) is 5.92 Å². The minimum atomic E-state index is -4.73. The van der Waals surface area contributed by atoms with E-state index >= 15 is 0 Å². The van der Waals surface area contributed by atoms with Crippen LogP contribution < -0.4 is 15.6 Å². The van der Waals surface area contributed by atoms with Crippen LogP contribution in [0.3, 0.4) is 0 Å². The maximum atomic E-state index is 12.2. The Morgan fingerprint density at radius 2 is 1.83 bits per heavy atom. The second kappa shape index (κ2) is 9.45. The number of rotatable bonds is 7. The molecule has 1 aliphatic heterocycles. The topological polar surface area (TPSA) is 60.0 Å². The molecule has 1 saturated heterocycles. The monoisotopic (exact) mass is 410 g/mol. The summed E-state index contributed by atoms with van der Waals surface area (Å²) >= 11 is 0. The van der Waals surface area contributed by atoms with Crippen LogP contribution in [-0.2, 0) is 6.54 Å². The number of halogens is 3. The van der Waals surface area contributed by atoms with Gasteiger partial charge in [0.05, 0.1) is 5.69 Å². The van der Waals surface area contributed by atoms with Crippen molar-refractivity contribution in [3.05, 3.63) is 60.2 Å².